The Hall–Kier alpha value is -2.91. The zero-order chi connectivity index (χ0) is 42.8. The van der Waals surface area contributed by atoms with Crippen molar-refractivity contribution in [2.24, 2.45) is 17.2 Å². The molecule has 0 spiro atoms. The molecule has 3 aromatic rings. The van der Waals surface area contributed by atoms with Gasteiger partial charge in [0.25, 0.3) is 0 Å². The van der Waals surface area contributed by atoms with Crippen LogP contribution in [0.4, 0.5) is 17.1 Å². The molecule has 12 nitrogen and oxygen atoms in total. The van der Waals surface area contributed by atoms with Crippen molar-refractivity contribution in [1.82, 2.24) is 0 Å². The van der Waals surface area contributed by atoms with Gasteiger partial charge in [0.15, 0.2) is 0 Å². The fourth-order valence-electron chi connectivity index (χ4n) is 5.27. The molecule has 0 fully saturated rings. The van der Waals surface area contributed by atoms with Crippen LogP contribution in [-0.4, -0.2) is 126 Å². The largest absolute Gasteiger partial charge is 0.480 e. The molecule has 0 bridgehead atoms. The summed E-state index contributed by atoms with van der Waals surface area (Å²) in [5, 5.41) is 26.3. The molecule has 0 aliphatic heterocycles. The number of rotatable bonds is 24. The van der Waals surface area contributed by atoms with Gasteiger partial charge in [0, 0.05) is 91.6 Å². The highest BCUT2D eigenvalue weighted by Gasteiger charge is 2.15. The molecule has 0 heterocycles. The number of halogens is 6. The van der Waals surface area contributed by atoms with Crippen molar-refractivity contribution in [2.75, 3.05) is 89.2 Å². The van der Waals surface area contributed by atoms with Crippen LogP contribution in [0.25, 0.3) is 0 Å². The van der Waals surface area contributed by atoms with E-state index in [1.807, 2.05) is 72.8 Å². The van der Waals surface area contributed by atoms with Gasteiger partial charge in [-0.1, -0.05) is 36.4 Å². The smallest absolute Gasteiger partial charge is 0.320 e. The maximum Gasteiger partial charge on any atom is 0.320 e. The molecule has 0 aliphatic rings. The van der Waals surface area contributed by atoms with Gasteiger partial charge in [-0.25, -0.2) is 0 Å². The molecular weight excluding hydrogens is 861 g/mol. The van der Waals surface area contributed by atoms with Gasteiger partial charge in [-0.2, -0.15) is 0 Å². The molecule has 0 amide bonds. The highest BCUT2D eigenvalue weighted by Crippen LogP contribution is 2.19. The van der Waals surface area contributed by atoms with E-state index in [2.05, 4.69) is 14.7 Å². The topological polar surface area (TPSA) is 200 Å². The molecule has 57 heavy (non-hydrogen) atoms. The van der Waals surface area contributed by atoms with Gasteiger partial charge < -0.3 is 47.2 Å². The van der Waals surface area contributed by atoms with Crippen molar-refractivity contribution in [3.8, 4) is 0 Å². The number of carboxylic acids is 3. The van der Waals surface area contributed by atoms with Gasteiger partial charge in [0.2, 0.25) is 0 Å². The Kier molecular flexibility index (Phi) is 27.6. The van der Waals surface area contributed by atoms with E-state index in [4.69, 9.17) is 102 Å². The molecule has 0 unspecified atom stereocenters. The zero-order valence-electron chi connectivity index (χ0n) is 31.7. The molecule has 0 saturated heterocycles. The Morgan fingerprint density at radius 3 is 0.719 bits per heavy atom. The number of hydrogen-bond donors (Lipinski definition) is 6. The number of carboxylic acid groups (broad SMARTS) is 3. The molecule has 3 aromatic carbocycles. The number of aliphatic carboxylic acids is 3. The zero-order valence-corrected chi connectivity index (χ0v) is 36.2. The first-order valence-electron chi connectivity index (χ1n) is 18.1. The Morgan fingerprint density at radius 2 is 0.579 bits per heavy atom. The first kappa shape index (κ1) is 52.1. The number of hydrogen-bond acceptors (Lipinski definition) is 9. The summed E-state index contributed by atoms with van der Waals surface area (Å²) in [7, 11) is 0. The van der Waals surface area contributed by atoms with Crippen molar-refractivity contribution < 1.29 is 29.7 Å². The van der Waals surface area contributed by atoms with Crippen LogP contribution in [0.3, 0.4) is 0 Å². The molecule has 9 N–H and O–H groups in total. The lowest BCUT2D eigenvalue weighted by Gasteiger charge is -2.23. The van der Waals surface area contributed by atoms with Crippen molar-refractivity contribution in [1.29, 1.82) is 0 Å². The van der Waals surface area contributed by atoms with Gasteiger partial charge in [-0.05, 0) is 72.4 Å². The van der Waals surface area contributed by atoms with Crippen LogP contribution in [-0.2, 0) is 33.6 Å². The number of benzene rings is 3. The minimum Gasteiger partial charge on any atom is -0.480 e. The van der Waals surface area contributed by atoms with E-state index in [0.717, 1.165) is 73.0 Å². The summed E-state index contributed by atoms with van der Waals surface area (Å²) in [6.45, 7) is 4.35. The number of alkyl halides is 6. The summed E-state index contributed by atoms with van der Waals surface area (Å²) in [5.74, 6) is 0.209. The van der Waals surface area contributed by atoms with Crippen LogP contribution in [0.2, 0.25) is 0 Å². The van der Waals surface area contributed by atoms with Gasteiger partial charge in [0.05, 0.1) is 0 Å². The Morgan fingerprint density at radius 1 is 0.404 bits per heavy atom. The molecule has 318 valence electrons. The van der Waals surface area contributed by atoms with Crippen molar-refractivity contribution in [2.45, 2.75) is 37.4 Å². The van der Waals surface area contributed by atoms with E-state index < -0.39 is 36.0 Å². The molecule has 0 aliphatic carbocycles. The first-order valence-corrected chi connectivity index (χ1v) is 21.3. The summed E-state index contributed by atoms with van der Waals surface area (Å²) in [6.07, 6.45) is 0.960. The third-order valence-corrected chi connectivity index (χ3v) is 9.36. The lowest BCUT2D eigenvalue weighted by Crippen LogP contribution is -2.32. The minimum atomic E-state index is -0.991. The molecule has 18 heteroatoms. The Labute approximate surface area is 365 Å². The predicted molar refractivity (Wildman–Crippen MR) is 238 cm³/mol. The highest BCUT2D eigenvalue weighted by atomic mass is 35.5. The van der Waals surface area contributed by atoms with Gasteiger partial charge in [0.1, 0.15) is 18.1 Å². The lowest BCUT2D eigenvalue weighted by molar-refractivity contribution is -0.139. The molecule has 0 aromatic heterocycles. The second kappa shape index (κ2) is 30.2. The van der Waals surface area contributed by atoms with E-state index in [1.54, 1.807) is 0 Å². The van der Waals surface area contributed by atoms with Crippen LogP contribution < -0.4 is 31.9 Å². The molecule has 0 saturated carbocycles. The summed E-state index contributed by atoms with van der Waals surface area (Å²) in [4.78, 5) is 38.3. The molecular formula is C39H54Cl6N6O6. The second-order valence-corrected chi connectivity index (χ2v) is 14.8. The van der Waals surface area contributed by atoms with E-state index in [9.17, 15) is 14.4 Å². The predicted octanol–water partition coefficient (Wildman–Crippen LogP) is 5.78. The maximum absolute atomic E-state index is 10.7. The standard InChI is InChI=1S/3C13H18Cl2N2O2/c3*14-5-7-17(8-6-15)11-3-1-10(2-4-11)9-12(16)13(18)19/h3*1-4,12H,5-9,16H2,(H,18,19)/t3*12-/m000/s1. The number of nitrogens with zero attached hydrogens (tertiary/aromatic N) is 3. The third kappa shape index (κ3) is 21.1. The Bertz CT molecular complexity index is 1360. The van der Waals surface area contributed by atoms with E-state index >= 15 is 0 Å². The highest BCUT2D eigenvalue weighted by molar-refractivity contribution is 6.19. The Balaban J connectivity index is 0.000000427. The van der Waals surface area contributed by atoms with Crippen molar-refractivity contribution >= 4 is 105 Å². The first-order chi connectivity index (χ1) is 27.2. The van der Waals surface area contributed by atoms with Gasteiger partial charge in [-0.3, -0.25) is 14.4 Å². The quantitative estimate of drug-likeness (QED) is 0.0594. The summed E-state index contributed by atoms with van der Waals surface area (Å²) in [5.41, 5.74) is 22.3. The van der Waals surface area contributed by atoms with Gasteiger partial charge >= 0.3 is 17.9 Å². The second-order valence-electron chi connectivity index (χ2n) is 12.5. The SMILES string of the molecule is N[C@@H](Cc1ccc(N(CCCl)CCCl)cc1)C(=O)O.N[C@@H](Cc1ccc(N(CCCl)CCCl)cc1)C(=O)O.N[C@@H](Cc1ccc(N(CCCl)CCCl)cc1)C(=O)O. The third-order valence-electron chi connectivity index (χ3n) is 8.35. The molecule has 0 radical (unpaired) electrons. The van der Waals surface area contributed by atoms with Crippen molar-refractivity contribution in [3.63, 3.8) is 0 Å². The monoisotopic (exact) mass is 912 g/mol. The molecule has 3 atom stereocenters. The van der Waals surface area contributed by atoms with Crippen molar-refractivity contribution in [3.05, 3.63) is 89.5 Å². The summed E-state index contributed by atoms with van der Waals surface area (Å²) in [6, 6.07) is 20.3. The average Bonchev–Trinajstić information content (AvgIpc) is 3.19. The summed E-state index contributed by atoms with van der Waals surface area (Å²) >= 11 is 34.5. The van der Waals surface area contributed by atoms with Crippen LogP contribution >= 0.6 is 69.6 Å². The number of nitrogens with two attached hydrogens (primary N) is 3. The molecule has 3 rings (SSSR count). The fourth-order valence-corrected chi connectivity index (χ4v) is 6.50. The number of carbonyl (C=O) groups is 3. The normalized spacial score (nSPS) is 12.2. The van der Waals surface area contributed by atoms with Crippen LogP contribution in [0.5, 0.6) is 0 Å². The van der Waals surface area contributed by atoms with E-state index in [0.29, 0.717) is 54.5 Å². The van der Waals surface area contributed by atoms with E-state index in [-0.39, 0.29) is 0 Å². The summed E-state index contributed by atoms with van der Waals surface area (Å²) < 4.78 is 0. The maximum atomic E-state index is 10.7. The van der Waals surface area contributed by atoms with Crippen LogP contribution in [0.1, 0.15) is 16.7 Å². The number of anilines is 3. The van der Waals surface area contributed by atoms with E-state index in [1.165, 1.54) is 0 Å². The van der Waals surface area contributed by atoms with Gasteiger partial charge in [-0.15, -0.1) is 69.6 Å². The minimum absolute atomic E-state index is 0.320. The lowest BCUT2D eigenvalue weighted by atomic mass is 10.1. The fraction of sp³-hybridized carbons (Fsp3) is 0.462. The van der Waals surface area contributed by atoms with Crippen LogP contribution in [0.15, 0.2) is 72.8 Å². The average molecular weight is 916 g/mol. The van der Waals surface area contributed by atoms with Crippen LogP contribution in [0, 0.1) is 0 Å².